The van der Waals surface area contributed by atoms with Crippen LogP contribution >= 0.6 is 0 Å². The molecule has 0 heterocycles. The van der Waals surface area contributed by atoms with Crippen LogP contribution in [-0.4, -0.2) is 23.0 Å². The third-order valence-electron chi connectivity index (χ3n) is 4.77. The maximum atomic E-state index is 12.5. The summed E-state index contributed by atoms with van der Waals surface area (Å²) in [6.07, 6.45) is 5.07. The van der Waals surface area contributed by atoms with E-state index in [9.17, 15) is 14.7 Å². The molecule has 1 unspecified atom stereocenters. The van der Waals surface area contributed by atoms with Crippen molar-refractivity contribution in [2.24, 2.45) is 11.8 Å². The smallest absolute Gasteiger partial charge is 0.308 e. The standard InChI is InChI=1S/C19H27NO3/c1-13-8-10-15(11-9-13)12-14(2)18(21)20-17-7-5-3-4-6-16(17)19(22)23/h8-11,14,16-17H,3-7,12H2,1-2H3,(H,20,21)(H,22,23)/t14?,16-,17+/m1/s1. The number of carboxylic acids is 1. The van der Waals surface area contributed by atoms with Gasteiger partial charge in [-0.2, -0.15) is 0 Å². The summed E-state index contributed by atoms with van der Waals surface area (Å²) in [5.41, 5.74) is 2.34. The normalized spacial score (nSPS) is 22.9. The zero-order valence-electron chi connectivity index (χ0n) is 14.0. The molecule has 0 aromatic heterocycles. The molecule has 1 aromatic carbocycles. The summed E-state index contributed by atoms with van der Waals surface area (Å²) in [4.78, 5) is 23.9. The Morgan fingerprint density at radius 2 is 1.83 bits per heavy atom. The highest BCUT2D eigenvalue weighted by Crippen LogP contribution is 2.24. The van der Waals surface area contributed by atoms with Crippen LogP contribution < -0.4 is 5.32 Å². The first kappa shape index (κ1) is 17.5. The van der Waals surface area contributed by atoms with Gasteiger partial charge in [-0.1, -0.05) is 56.0 Å². The highest BCUT2D eigenvalue weighted by atomic mass is 16.4. The van der Waals surface area contributed by atoms with Crippen molar-refractivity contribution in [2.75, 3.05) is 0 Å². The third kappa shape index (κ3) is 5.08. The van der Waals surface area contributed by atoms with Crippen LogP contribution in [0.25, 0.3) is 0 Å². The number of rotatable bonds is 5. The molecular formula is C19H27NO3. The molecule has 0 bridgehead atoms. The quantitative estimate of drug-likeness (QED) is 0.819. The minimum Gasteiger partial charge on any atom is -0.481 e. The summed E-state index contributed by atoms with van der Waals surface area (Å²) in [7, 11) is 0. The van der Waals surface area contributed by atoms with Gasteiger partial charge in [-0.3, -0.25) is 9.59 Å². The van der Waals surface area contributed by atoms with Crippen LogP contribution in [0, 0.1) is 18.8 Å². The number of benzene rings is 1. The zero-order chi connectivity index (χ0) is 16.8. The van der Waals surface area contributed by atoms with Crippen LogP contribution in [0.4, 0.5) is 0 Å². The van der Waals surface area contributed by atoms with Gasteiger partial charge < -0.3 is 10.4 Å². The monoisotopic (exact) mass is 317 g/mol. The first-order valence-corrected chi connectivity index (χ1v) is 8.56. The summed E-state index contributed by atoms with van der Waals surface area (Å²) < 4.78 is 0. The Hall–Kier alpha value is -1.84. The van der Waals surface area contributed by atoms with Crippen LogP contribution in [0.3, 0.4) is 0 Å². The van der Waals surface area contributed by atoms with Crippen molar-refractivity contribution in [1.82, 2.24) is 5.32 Å². The van der Waals surface area contributed by atoms with Crippen molar-refractivity contribution in [3.63, 3.8) is 0 Å². The van der Waals surface area contributed by atoms with Crippen molar-refractivity contribution in [2.45, 2.75) is 58.4 Å². The molecule has 1 fully saturated rings. The lowest BCUT2D eigenvalue weighted by molar-refractivity contribution is -0.143. The van der Waals surface area contributed by atoms with E-state index in [-0.39, 0.29) is 17.9 Å². The molecule has 4 heteroatoms. The second-order valence-corrected chi connectivity index (χ2v) is 6.79. The molecule has 126 valence electrons. The van der Waals surface area contributed by atoms with Gasteiger partial charge in [-0.25, -0.2) is 0 Å². The van der Waals surface area contributed by atoms with Crippen LogP contribution in [0.15, 0.2) is 24.3 Å². The molecule has 4 nitrogen and oxygen atoms in total. The van der Waals surface area contributed by atoms with Gasteiger partial charge in [0.1, 0.15) is 0 Å². The number of amides is 1. The van der Waals surface area contributed by atoms with Crippen LogP contribution in [0.2, 0.25) is 0 Å². The first-order valence-electron chi connectivity index (χ1n) is 8.56. The minimum atomic E-state index is -0.789. The van der Waals surface area contributed by atoms with Gasteiger partial charge in [0.2, 0.25) is 5.91 Å². The van der Waals surface area contributed by atoms with E-state index in [0.29, 0.717) is 12.8 Å². The Balaban J connectivity index is 1.95. The first-order chi connectivity index (χ1) is 11.0. The Bertz CT molecular complexity index is 538. The molecule has 23 heavy (non-hydrogen) atoms. The van der Waals surface area contributed by atoms with E-state index in [1.807, 2.05) is 38.1 Å². The van der Waals surface area contributed by atoms with Gasteiger partial charge in [0, 0.05) is 12.0 Å². The number of hydrogen-bond acceptors (Lipinski definition) is 2. The van der Waals surface area contributed by atoms with E-state index in [2.05, 4.69) is 5.32 Å². The number of carboxylic acid groups (broad SMARTS) is 1. The Morgan fingerprint density at radius 1 is 1.17 bits per heavy atom. The second kappa shape index (κ2) is 8.14. The van der Waals surface area contributed by atoms with E-state index in [1.165, 1.54) is 5.56 Å². The number of aryl methyl sites for hydroxylation is 1. The molecule has 1 amide bonds. The molecular weight excluding hydrogens is 290 g/mol. The largest absolute Gasteiger partial charge is 0.481 e. The molecule has 2 N–H and O–H groups in total. The zero-order valence-corrected chi connectivity index (χ0v) is 14.0. The van der Waals surface area contributed by atoms with Gasteiger partial charge >= 0.3 is 5.97 Å². The average molecular weight is 317 g/mol. The molecule has 0 radical (unpaired) electrons. The van der Waals surface area contributed by atoms with Crippen molar-refractivity contribution >= 4 is 11.9 Å². The molecule has 1 aliphatic rings. The fraction of sp³-hybridized carbons (Fsp3) is 0.579. The van der Waals surface area contributed by atoms with E-state index < -0.39 is 11.9 Å². The van der Waals surface area contributed by atoms with Gasteiger partial charge in [-0.15, -0.1) is 0 Å². The predicted molar refractivity (Wildman–Crippen MR) is 90.2 cm³/mol. The number of carbonyl (C=O) groups is 2. The lowest BCUT2D eigenvalue weighted by Gasteiger charge is -2.24. The summed E-state index contributed by atoms with van der Waals surface area (Å²) in [5, 5.41) is 12.4. The van der Waals surface area contributed by atoms with Crippen LogP contribution in [0.5, 0.6) is 0 Å². The Morgan fingerprint density at radius 3 is 2.48 bits per heavy atom. The van der Waals surface area contributed by atoms with Crippen molar-refractivity contribution < 1.29 is 14.7 Å². The maximum absolute atomic E-state index is 12.5. The fourth-order valence-electron chi connectivity index (χ4n) is 3.27. The lowest BCUT2D eigenvalue weighted by Crippen LogP contribution is -2.45. The molecule has 0 aliphatic heterocycles. The number of hydrogen-bond donors (Lipinski definition) is 2. The average Bonchev–Trinajstić information content (AvgIpc) is 2.75. The molecule has 1 aromatic rings. The van der Waals surface area contributed by atoms with Gasteiger partial charge in [0.05, 0.1) is 5.92 Å². The Labute approximate surface area is 138 Å². The van der Waals surface area contributed by atoms with Crippen LogP contribution in [-0.2, 0) is 16.0 Å². The van der Waals surface area contributed by atoms with E-state index >= 15 is 0 Å². The summed E-state index contributed by atoms with van der Waals surface area (Å²) in [6.45, 7) is 3.94. The highest BCUT2D eigenvalue weighted by Gasteiger charge is 2.31. The fourth-order valence-corrected chi connectivity index (χ4v) is 3.27. The molecule has 0 spiro atoms. The molecule has 3 atom stereocenters. The predicted octanol–water partition coefficient (Wildman–Crippen LogP) is 3.32. The second-order valence-electron chi connectivity index (χ2n) is 6.79. The third-order valence-corrected chi connectivity index (χ3v) is 4.77. The molecule has 0 saturated heterocycles. The molecule has 1 saturated carbocycles. The van der Waals surface area contributed by atoms with Crippen LogP contribution in [0.1, 0.15) is 50.2 Å². The minimum absolute atomic E-state index is 0.0382. The molecule has 2 rings (SSSR count). The van der Waals surface area contributed by atoms with E-state index in [1.54, 1.807) is 0 Å². The van der Waals surface area contributed by atoms with Gasteiger partial charge in [0.15, 0.2) is 0 Å². The van der Waals surface area contributed by atoms with Crippen molar-refractivity contribution in [3.05, 3.63) is 35.4 Å². The number of aliphatic carboxylic acids is 1. The Kier molecular flexibility index (Phi) is 6.20. The number of carbonyl (C=O) groups excluding carboxylic acids is 1. The van der Waals surface area contributed by atoms with Crippen molar-refractivity contribution in [1.29, 1.82) is 0 Å². The van der Waals surface area contributed by atoms with Gasteiger partial charge in [-0.05, 0) is 31.7 Å². The van der Waals surface area contributed by atoms with E-state index in [0.717, 1.165) is 31.2 Å². The summed E-state index contributed by atoms with van der Waals surface area (Å²) >= 11 is 0. The van der Waals surface area contributed by atoms with E-state index in [4.69, 9.17) is 0 Å². The highest BCUT2D eigenvalue weighted by molar-refractivity contribution is 5.80. The number of nitrogens with one attached hydrogen (secondary N) is 1. The molecule has 1 aliphatic carbocycles. The SMILES string of the molecule is Cc1ccc(CC(C)C(=O)N[C@H]2CCCCC[C@H]2C(=O)O)cc1. The van der Waals surface area contributed by atoms with Gasteiger partial charge in [0.25, 0.3) is 0 Å². The maximum Gasteiger partial charge on any atom is 0.308 e. The topological polar surface area (TPSA) is 66.4 Å². The summed E-state index contributed by atoms with van der Waals surface area (Å²) in [6, 6.07) is 7.95. The lowest BCUT2D eigenvalue weighted by atomic mass is 9.93. The van der Waals surface area contributed by atoms with Crippen molar-refractivity contribution in [3.8, 4) is 0 Å². The summed E-state index contributed by atoms with van der Waals surface area (Å²) in [5.74, 6) is -1.43.